The molecule has 0 aliphatic heterocycles. The van der Waals surface area contributed by atoms with Crippen molar-refractivity contribution in [1.29, 1.82) is 0 Å². The van der Waals surface area contributed by atoms with Crippen molar-refractivity contribution in [2.24, 2.45) is 0 Å². The van der Waals surface area contributed by atoms with Crippen molar-refractivity contribution in [3.63, 3.8) is 0 Å². The molecule has 50 heavy (non-hydrogen) atoms. The molecule has 4 N–H and O–H groups in total. The van der Waals surface area contributed by atoms with E-state index in [2.05, 4.69) is 24.5 Å². The van der Waals surface area contributed by atoms with Crippen LogP contribution < -0.4 is 10.6 Å². The highest BCUT2D eigenvalue weighted by Gasteiger charge is 2.13. The van der Waals surface area contributed by atoms with Crippen LogP contribution in [0.2, 0.25) is 0 Å². The fourth-order valence-corrected chi connectivity index (χ4v) is 6.86. The highest BCUT2D eigenvalue weighted by molar-refractivity contribution is 5.77. The van der Waals surface area contributed by atoms with Gasteiger partial charge in [-0.2, -0.15) is 0 Å². The predicted octanol–water partition coefficient (Wildman–Crippen LogP) is 11.4. The van der Waals surface area contributed by atoms with E-state index < -0.39 is 12.2 Å². The minimum atomic E-state index is -0.608. The fourth-order valence-electron chi connectivity index (χ4n) is 6.86. The Morgan fingerprint density at radius 3 is 1.00 bits per heavy atom. The van der Waals surface area contributed by atoms with Gasteiger partial charge in [-0.1, -0.05) is 205 Å². The van der Waals surface area contributed by atoms with Crippen LogP contribution in [0.5, 0.6) is 0 Å². The fraction of sp³-hybridized carbons (Fsp3) is 0.818. The zero-order valence-electron chi connectivity index (χ0n) is 32.8. The number of aliphatic hydroxyl groups excluding tert-OH is 2. The van der Waals surface area contributed by atoms with E-state index in [0.29, 0.717) is 25.9 Å². The van der Waals surface area contributed by atoms with Crippen molar-refractivity contribution in [2.45, 2.75) is 232 Å². The number of amides is 2. The Bertz CT molecular complexity index is 850. The summed E-state index contributed by atoms with van der Waals surface area (Å²) in [6.07, 6.45) is 34.0. The number of benzene rings is 1. The molecule has 0 bridgehead atoms. The van der Waals surface area contributed by atoms with Crippen LogP contribution in [0, 0.1) is 0 Å². The molecule has 1 rings (SSSR count). The lowest BCUT2D eigenvalue weighted by Gasteiger charge is -2.14. The lowest BCUT2D eigenvalue weighted by molar-refractivity contribution is -0.124. The van der Waals surface area contributed by atoms with Crippen molar-refractivity contribution in [3.05, 3.63) is 35.4 Å². The number of rotatable bonds is 36. The van der Waals surface area contributed by atoms with Gasteiger partial charge in [0.05, 0.1) is 25.0 Å². The van der Waals surface area contributed by atoms with E-state index in [4.69, 9.17) is 0 Å². The number of hydrogen-bond donors (Lipinski definition) is 4. The maximum Gasteiger partial charge on any atom is 0.222 e. The molecule has 0 spiro atoms. The monoisotopic (exact) mass is 701 g/mol. The third kappa shape index (κ3) is 28.7. The molecule has 6 heteroatoms. The number of unbranched alkanes of at least 4 members (excludes halogenated alkanes) is 24. The van der Waals surface area contributed by atoms with Gasteiger partial charge in [0.15, 0.2) is 0 Å². The topological polar surface area (TPSA) is 98.7 Å². The van der Waals surface area contributed by atoms with Gasteiger partial charge in [-0.25, -0.2) is 0 Å². The Hall–Kier alpha value is -1.92. The summed E-state index contributed by atoms with van der Waals surface area (Å²) < 4.78 is 0. The smallest absolute Gasteiger partial charge is 0.222 e. The van der Waals surface area contributed by atoms with E-state index in [1.807, 2.05) is 24.3 Å². The molecule has 6 nitrogen and oxygen atoms in total. The summed E-state index contributed by atoms with van der Waals surface area (Å²) in [5.74, 6) is -0.301. The Morgan fingerprint density at radius 1 is 0.460 bits per heavy atom. The van der Waals surface area contributed by atoms with Gasteiger partial charge in [0, 0.05) is 13.1 Å². The highest BCUT2D eigenvalue weighted by atomic mass is 16.3. The van der Waals surface area contributed by atoms with Crippen LogP contribution in [0.4, 0.5) is 0 Å². The molecule has 0 aliphatic rings. The molecule has 2 amide bonds. The van der Waals surface area contributed by atoms with Crippen molar-refractivity contribution in [3.8, 4) is 0 Å². The van der Waals surface area contributed by atoms with Crippen LogP contribution in [-0.4, -0.2) is 34.2 Å². The molecular weight excluding hydrogens is 620 g/mol. The van der Waals surface area contributed by atoms with Crippen molar-refractivity contribution in [1.82, 2.24) is 10.6 Å². The first kappa shape index (κ1) is 46.1. The van der Waals surface area contributed by atoms with Gasteiger partial charge in [-0.15, -0.1) is 0 Å². The minimum Gasteiger partial charge on any atom is -0.393 e. The normalized spacial score (nSPS) is 12.6. The zero-order chi connectivity index (χ0) is 36.3. The zero-order valence-corrected chi connectivity index (χ0v) is 32.8. The highest BCUT2D eigenvalue weighted by Crippen LogP contribution is 2.16. The summed E-state index contributed by atoms with van der Waals surface area (Å²) in [5.41, 5.74) is 1.89. The van der Waals surface area contributed by atoms with Crippen molar-refractivity contribution < 1.29 is 19.8 Å². The first-order valence-corrected chi connectivity index (χ1v) is 21.4. The first-order chi connectivity index (χ1) is 24.5. The van der Waals surface area contributed by atoms with Crippen molar-refractivity contribution in [2.75, 3.05) is 0 Å². The van der Waals surface area contributed by atoms with E-state index >= 15 is 0 Å². The number of nitrogens with one attached hydrogen (secondary N) is 2. The summed E-state index contributed by atoms with van der Waals surface area (Å²) in [6.45, 7) is 5.25. The van der Waals surface area contributed by atoms with E-state index in [0.717, 1.165) is 36.8 Å². The third-order valence-corrected chi connectivity index (χ3v) is 10.2. The minimum absolute atomic E-state index is 0.119. The molecule has 290 valence electrons. The number of hydrogen-bond acceptors (Lipinski definition) is 4. The molecule has 0 aromatic heterocycles. The summed E-state index contributed by atoms with van der Waals surface area (Å²) in [4.78, 5) is 25.1. The second-order valence-electron chi connectivity index (χ2n) is 15.1. The predicted molar refractivity (Wildman–Crippen MR) is 212 cm³/mol. The third-order valence-electron chi connectivity index (χ3n) is 10.2. The average Bonchev–Trinajstić information content (AvgIpc) is 3.10. The molecule has 0 saturated carbocycles. The van der Waals surface area contributed by atoms with Crippen LogP contribution in [0.3, 0.4) is 0 Å². The van der Waals surface area contributed by atoms with Crippen molar-refractivity contribution >= 4 is 11.8 Å². The van der Waals surface area contributed by atoms with E-state index in [-0.39, 0.29) is 24.7 Å². The molecule has 1 aromatic carbocycles. The van der Waals surface area contributed by atoms with Crippen LogP contribution in [0.1, 0.15) is 218 Å². The molecule has 2 unspecified atom stereocenters. The van der Waals surface area contributed by atoms with E-state index in [1.165, 1.54) is 141 Å². The molecule has 0 aliphatic carbocycles. The van der Waals surface area contributed by atoms with Gasteiger partial charge >= 0.3 is 0 Å². The molecule has 2 atom stereocenters. The Morgan fingerprint density at radius 2 is 0.720 bits per heavy atom. The standard InChI is InChI=1S/C44H80N2O4/c1-3-5-7-9-11-13-15-17-19-21-23-25-27-33-41(47)35-43(49)45-37-39-31-29-30-32-40(39)38-46-44(50)36-42(48)34-28-26-24-22-20-18-16-14-12-10-8-6-4-2/h29-32,41-42,47-48H,3-28,33-38H2,1-2H3,(H,45,49)(H,46,50). The van der Waals surface area contributed by atoms with Gasteiger partial charge in [0.2, 0.25) is 11.8 Å². The Kier molecular flexibility index (Phi) is 31.5. The molecule has 1 aromatic rings. The van der Waals surface area contributed by atoms with E-state index in [1.54, 1.807) is 0 Å². The lowest BCUT2D eigenvalue weighted by Crippen LogP contribution is -2.29. The molecule has 0 radical (unpaired) electrons. The van der Waals surface area contributed by atoms with Crippen LogP contribution in [-0.2, 0) is 22.7 Å². The van der Waals surface area contributed by atoms with Gasteiger partial charge < -0.3 is 20.8 Å². The molecule has 0 saturated heterocycles. The molecule has 0 fully saturated rings. The summed E-state index contributed by atoms with van der Waals surface area (Å²) >= 11 is 0. The second-order valence-corrected chi connectivity index (χ2v) is 15.1. The Labute approximate surface area is 308 Å². The largest absolute Gasteiger partial charge is 0.393 e. The van der Waals surface area contributed by atoms with Gasteiger partial charge in [-0.3, -0.25) is 9.59 Å². The molecular formula is C44H80N2O4. The summed E-state index contributed by atoms with van der Waals surface area (Å²) in [6, 6.07) is 7.76. The number of aliphatic hydroxyl groups is 2. The summed E-state index contributed by atoms with van der Waals surface area (Å²) in [7, 11) is 0. The maximum absolute atomic E-state index is 12.5. The van der Waals surface area contributed by atoms with Gasteiger partial charge in [0.1, 0.15) is 0 Å². The quantitative estimate of drug-likeness (QED) is 0.0524. The lowest BCUT2D eigenvalue weighted by atomic mass is 10.0. The average molecular weight is 701 g/mol. The van der Waals surface area contributed by atoms with Gasteiger partial charge in [-0.05, 0) is 24.0 Å². The summed E-state index contributed by atoms with van der Waals surface area (Å²) in [5, 5.41) is 26.7. The number of carbonyl (C=O) groups is 2. The number of carbonyl (C=O) groups excluding carboxylic acids is 2. The maximum atomic E-state index is 12.5. The SMILES string of the molecule is CCCCCCCCCCCCCCCC(O)CC(=O)NCc1ccccc1CNC(=O)CC(O)CCCCCCCCCCCCCCC. The van der Waals surface area contributed by atoms with Crippen LogP contribution in [0.25, 0.3) is 0 Å². The first-order valence-electron chi connectivity index (χ1n) is 21.4. The second kappa shape index (κ2) is 34.2. The Balaban J connectivity index is 2.09. The van der Waals surface area contributed by atoms with E-state index in [9.17, 15) is 19.8 Å². The van der Waals surface area contributed by atoms with Gasteiger partial charge in [0.25, 0.3) is 0 Å². The van der Waals surface area contributed by atoms with Crippen LogP contribution >= 0.6 is 0 Å². The van der Waals surface area contributed by atoms with Crippen LogP contribution in [0.15, 0.2) is 24.3 Å². The molecule has 0 heterocycles.